The average Bonchev–Trinajstić information content (AvgIpc) is 2.84. The summed E-state index contributed by atoms with van der Waals surface area (Å²) in [6, 6.07) is 8.51. The Morgan fingerprint density at radius 1 is 1.00 bits per heavy atom. The van der Waals surface area contributed by atoms with E-state index in [4.69, 9.17) is 4.74 Å². The number of benzene rings is 2. The summed E-state index contributed by atoms with van der Waals surface area (Å²) < 4.78 is 86.7. The molecule has 39 heavy (non-hydrogen) atoms. The highest BCUT2D eigenvalue weighted by molar-refractivity contribution is 6.02. The third-order valence-electron chi connectivity index (χ3n) is 6.22. The number of amides is 1. The van der Waals surface area contributed by atoms with Crippen LogP contribution in [0.5, 0.6) is 5.88 Å². The van der Waals surface area contributed by atoms with Gasteiger partial charge in [0.2, 0.25) is 11.8 Å². The lowest BCUT2D eigenvalue weighted by Crippen LogP contribution is -2.39. The zero-order valence-electron chi connectivity index (χ0n) is 21.6. The fourth-order valence-corrected chi connectivity index (χ4v) is 4.32. The second-order valence-corrected chi connectivity index (χ2v) is 9.78. The molecule has 0 bridgehead atoms. The first kappa shape index (κ1) is 28.2. The van der Waals surface area contributed by atoms with Gasteiger partial charge >= 0.3 is 12.4 Å². The molecule has 0 fully saturated rings. The second-order valence-electron chi connectivity index (χ2n) is 9.78. The first-order chi connectivity index (χ1) is 18.1. The maximum atomic E-state index is 14.0. The van der Waals surface area contributed by atoms with E-state index in [1.54, 1.807) is 38.1 Å². The Bertz CT molecular complexity index is 1360. The number of halogens is 6. The number of ether oxygens (including phenoxy) is 1. The van der Waals surface area contributed by atoms with Gasteiger partial charge in [0.25, 0.3) is 5.91 Å². The molecule has 0 aliphatic carbocycles. The Morgan fingerprint density at radius 3 is 2.18 bits per heavy atom. The molecule has 1 amide bonds. The molecule has 0 saturated carbocycles. The molecule has 1 atom stereocenters. The normalized spacial score (nSPS) is 16.3. The van der Waals surface area contributed by atoms with Crippen molar-refractivity contribution in [3.05, 3.63) is 70.3 Å². The molecule has 1 aliphatic heterocycles. The number of anilines is 1. The van der Waals surface area contributed by atoms with Gasteiger partial charge in [0, 0.05) is 38.7 Å². The molecule has 2 aromatic carbocycles. The fraction of sp³-hybridized carbons (Fsp3) is 0.370. The van der Waals surface area contributed by atoms with Crippen molar-refractivity contribution in [1.82, 2.24) is 14.9 Å². The SMILES string of the molecule is Cc1ccccc1-c1nc(N(C)C)nc2c1C(=O)N(Cc1cc(C(F)(F)F)cc(C(F)(F)F)c1)C[C@@H](C)CO2. The van der Waals surface area contributed by atoms with Gasteiger partial charge in [0.15, 0.2) is 0 Å². The van der Waals surface area contributed by atoms with Crippen molar-refractivity contribution >= 4 is 11.9 Å². The lowest BCUT2D eigenvalue weighted by Gasteiger charge is -2.31. The van der Waals surface area contributed by atoms with E-state index >= 15 is 0 Å². The molecule has 208 valence electrons. The summed E-state index contributed by atoms with van der Waals surface area (Å²) in [6.45, 7) is 3.24. The smallest absolute Gasteiger partial charge is 0.416 e. The molecule has 0 radical (unpaired) electrons. The Morgan fingerprint density at radius 2 is 1.62 bits per heavy atom. The van der Waals surface area contributed by atoms with E-state index < -0.39 is 35.9 Å². The molecule has 1 aromatic heterocycles. The van der Waals surface area contributed by atoms with Crippen LogP contribution in [0.1, 0.15) is 39.5 Å². The van der Waals surface area contributed by atoms with Gasteiger partial charge in [-0.15, -0.1) is 0 Å². The number of rotatable bonds is 4. The van der Waals surface area contributed by atoms with E-state index in [9.17, 15) is 31.1 Å². The monoisotopic (exact) mass is 552 g/mol. The van der Waals surface area contributed by atoms with Crippen molar-refractivity contribution in [2.75, 3.05) is 32.1 Å². The summed E-state index contributed by atoms with van der Waals surface area (Å²) in [6.07, 6.45) is -10.0. The fourth-order valence-electron chi connectivity index (χ4n) is 4.32. The molecule has 3 aromatic rings. The van der Waals surface area contributed by atoms with Crippen molar-refractivity contribution in [3.63, 3.8) is 0 Å². The number of aromatic nitrogens is 2. The second kappa shape index (κ2) is 10.4. The summed E-state index contributed by atoms with van der Waals surface area (Å²) in [5.41, 5.74) is -1.53. The van der Waals surface area contributed by atoms with Crippen LogP contribution in [0.4, 0.5) is 32.3 Å². The number of carbonyl (C=O) groups excluding carboxylic acids is 1. The minimum Gasteiger partial charge on any atom is -0.477 e. The van der Waals surface area contributed by atoms with E-state index in [0.717, 1.165) is 5.56 Å². The van der Waals surface area contributed by atoms with Crippen LogP contribution in [0, 0.1) is 12.8 Å². The van der Waals surface area contributed by atoms with E-state index in [1.165, 1.54) is 4.90 Å². The Labute approximate surface area is 221 Å². The van der Waals surface area contributed by atoms with Crippen LogP contribution in [-0.4, -0.2) is 48.0 Å². The van der Waals surface area contributed by atoms with Crippen molar-refractivity contribution < 1.29 is 35.9 Å². The maximum Gasteiger partial charge on any atom is 0.416 e. The minimum absolute atomic E-state index is 0.00599. The summed E-state index contributed by atoms with van der Waals surface area (Å²) >= 11 is 0. The third-order valence-corrected chi connectivity index (χ3v) is 6.22. The van der Waals surface area contributed by atoms with Gasteiger partial charge < -0.3 is 14.5 Å². The van der Waals surface area contributed by atoms with Gasteiger partial charge in [-0.3, -0.25) is 4.79 Å². The number of alkyl halides is 6. The third kappa shape index (κ3) is 6.10. The predicted octanol–water partition coefficient (Wildman–Crippen LogP) is 6.23. The van der Waals surface area contributed by atoms with Crippen molar-refractivity contribution in [2.24, 2.45) is 5.92 Å². The van der Waals surface area contributed by atoms with Gasteiger partial charge in [0.05, 0.1) is 23.4 Å². The predicted molar refractivity (Wildman–Crippen MR) is 132 cm³/mol. The van der Waals surface area contributed by atoms with Crippen LogP contribution >= 0.6 is 0 Å². The summed E-state index contributed by atoms with van der Waals surface area (Å²) in [5.74, 6) is -0.693. The number of aryl methyl sites for hydroxylation is 1. The van der Waals surface area contributed by atoms with Crippen LogP contribution in [0.3, 0.4) is 0 Å². The summed E-state index contributed by atoms with van der Waals surface area (Å²) in [4.78, 5) is 25.8. The molecule has 0 saturated heterocycles. The zero-order valence-corrected chi connectivity index (χ0v) is 21.6. The Hall–Kier alpha value is -3.83. The van der Waals surface area contributed by atoms with Crippen LogP contribution in [0.15, 0.2) is 42.5 Å². The van der Waals surface area contributed by atoms with Crippen LogP contribution in [0.25, 0.3) is 11.3 Å². The lowest BCUT2D eigenvalue weighted by molar-refractivity contribution is -0.143. The number of hydrogen-bond acceptors (Lipinski definition) is 5. The van der Waals surface area contributed by atoms with E-state index in [1.807, 2.05) is 19.1 Å². The zero-order chi connectivity index (χ0) is 28.7. The van der Waals surface area contributed by atoms with Crippen LogP contribution in [-0.2, 0) is 18.9 Å². The molecule has 1 aliphatic rings. The molecular weight excluding hydrogens is 526 g/mol. The standard InChI is InChI=1S/C27H26F6N4O2/c1-15-12-37(13-17-9-18(26(28,29)30)11-19(10-17)27(31,32)33)24(38)21-22(20-8-6-5-7-16(20)2)34-25(36(3)4)35-23(21)39-14-15/h5-11,15H,12-14H2,1-4H3/t15-/m1/s1. The first-order valence-electron chi connectivity index (χ1n) is 12.0. The average molecular weight is 553 g/mol. The molecule has 2 heterocycles. The van der Waals surface area contributed by atoms with Crippen molar-refractivity contribution in [3.8, 4) is 17.1 Å². The Balaban J connectivity index is 1.87. The highest BCUT2D eigenvalue weighted by Crippen LogP contribution is 2.38. The molecule has 6 nitrogen and oxygen atoms in total. The van der Waals surface area contributed by atoms with Crippen molar-refractivity contribution in [1.29, 1.82) is 0 Å². The first-order valence-corrected chi connectivity index (χ1v) is 12.0. The lowest BCUT2D eigenvalue weighted by atomic mass is 9.99. The highest BCUT2D eigenvalue weighted by Gasteiger charge is 2.38. The summed E-state index contributed by atoms with van der Waals surface area (Å²) in [7, 11) is 3.43. The van der Waals surface area contributed by atoms with Crippen molar-refractivity contribution in [2.45, 2.75) is 32.7 Å². The topological polar surface area (TPSA) is 58.6 Å². The van der Waals surface area contributed by atoms with Gasteiger partial charge in [-0.2, -0.15) is 31.3 Å². The quantitative estimate of drug-likeness (QED) is 0.360. The number of nitrogens with zero attached hydrogens (tertiary/aromatic N) is 4. The van der Waals surface area contributed by atoms with Gasteiger partial charge in [-0.25, -0.2) is 4.98 Å². The highest BCUT2D eigenvalue weighted by atomic mass is 19.4. The minimum atomic E-state index is -5.00. The van der Waals surface area contributed by atoms with Gasteiger partial charge in [0.1, 0.15) is 5.56 Å². The van der Waals surface area contributed by atoms with Crippen LogP contribution in [0.2, 0.25) is 0 Å². The number of hydrogen-bond donors (Lipinski definition) is 0. The van der Waals surface area contributed by atoms with Gasteiger partial charge in [-0.1, -0.05) is 31.2 Å². The molecular formula is C27H26F6N4O2. The molecule has 0 spiro atoms. The van der Waals surface area contributed by atoms with Crippen LogP contribution < -0.4 is 9.64 Å². The van der Waals surface area contributed by atoms with E-state index in [0.29, 0.717) is 17.7 Å². The maximum absolute atomic E-state index is 14.0. The van der Waals surface area contributed by atoms with E-state index in [-0.39, 0.29) is 53.8 Å². The van der Waals surface area contributed by atoms with E-state index in [2.05, 4.69) is 9.97 Å². The molecule has 12 heteroatoms. The molecule has 0 N–H and O–H groups in total. The van der Waals surface area contributed by atoms with Gasteiger partial charge in [-0.05, 0) is 36.2 Å². The Kier molecular flexibility index (Phi) is 7.50. The largest absolute Gasteiger partial charge is 0.477 e. The number of fused-ring (bicyclic) bond motifs is 1. The molecule has 0 unspecified atom stereocenters. The number of carbonyl (C=O) groups is 1. The summed E-state index contributed by atoms with van der Waals surface area (Å²) in [5, 5.41) is 0. The molecule has 4 rings (SSSR count).